The Morgan fingerprint density at radius 1 is 1.16 bits per heavy atom. The maximum absolute atomic E-state index is 11.4. The van der Waals surface area contributed by atoms with E-state index in [4.69, 9.17) is 5.73 Å². The molecule has 19 heavy (non-hydrogen) atoms. The number of pyridine rings is 1. The van der Waals surface area contributed by atoms with Crippen LogP contribution in [0.1, 0.15) is 29.7 Å². The lowest BCUT2D eigenvalue weighted by atomic mass is 9.75. The third-order valence-corrected chi connectivity index (χ3v) is 3.95. The fraction of sp³-hybridized carbons (Fsp3) is 0.312. The Morgan fingerprint density at radius 3 is 2.74 bits per heavy atom. The van der Waals surface area contributed by atoms with Gasteiger partial charge in [-0.15, -0.1) is 0 Å². The van der Waals surface area contributed by atoms with E-state index in [9.17, 15) is 4.79 Å². The van der Waals surface area contributed by atoms with E-state index in [1.165, 1.54) is 5.56 Å². The van der Waals surface area contributed by atoms with Crippen molar-refractivity contribution >= 4 is 0 Å². The van der Waals surface area contributed by atoms with Gasteiger partial charge in [0.2, 0.25) is 5.56 Å². The minimum Gasteiger partial charge on any atom is -0.326 e. The van der Waals surface area contributed by atoms with Crippen LogP contribution in [0.2, 0.25) is 0 Å². The van der Waals surface area contributed by atoms with E-state index < -0.39 is 0 Å². The number of benzene rings is 1. The number of aromatic amines is 1. The fourth-order valence-electron chi connectivity index (χ4n) is 3.04. The third kappa shape index (κ3) is 2.34. The molecule has 0 bridgehead atoms. The van der Waals surface area contributed by atoms with Crippen molar-refractivity contribution in [1.82, 2.24) is 4.98 Å². The first-order chi connectivity index (χ1) is 9.17. The summed E-state index contributed by atoms with van der Waals surface area (Å²) in [5.41, 5.74) is 9.58. The second-order valence-electron chi connectivity index (χ2n) is 5.39. The average molecular weight is 254 g/mol. The van der Waals surface area contributed by atoms with Gasteiger partial charge in [-0.05, 0) is 42.9 Å². The molecular weight excluding hydrogens is 236 g/mol. The number of aromatic nitrogens is 1. The highest BCUT2D eigenvalue weighted by Gasteiger charge is 2.33. The zero-order chi connectivity index (χ0) is 13.3. The largest absolute Gasteiger partial charge is 0.326 e. The summed E-state index contributed by atoms with van der Waals surface area (Å²) < 4.78 is 0. The molecular formula is C16H18N2O. The van der Waals surface area contributed by atoms with Gasteiger partial charge in [0.05, 0.1) is 0 Å². The fourth-order valence-corrected chi connectivity index (χ4v) is 3.04. The van der Waals surface area contributed by atoms with Crippen molar-refractivity contribution in [3.05, 3.63) is 69.6 Å². The van der Waals surface area contributed by atoms with Crippen LogP contribution in [0.5, 0.6) is 0 Å². The molecule has 2 aromatic rings. The van der Waals surface area contributed by atoms with Crippen molar-refractivity contribution in [1.29, 1.82) is 0 Å². The van der Waals surface area contributed by atoms with Gasteiger partial charge in [0.1, 0.15) is 0 Å². The quantitative estimate of drug-likeness (QED) is 0.862. The molecule has 0 amide bonds. The maximum atomic E-state index is 11.4. The smallest absolute Gasteiger partial charge is 0.248 e. The maximum Gasteiger partial charge on any atom is 0.248 e. The van der Waals surface area contributed by atoms with Gasteiger partial charge in [-0.25, -0.2) is 0 Å². The first-order valence-electron chi connectivity index (χ1n) is 6.73. The Labute approximate surface area is 112 Å². The molecule has 1 aliphatic carbocycles. The zero-order valence-corrected chi connectivity index (χ0v) is 10.9. The summed E-state index contributed by atoms with van der Waals surface area (Å²) in [6.07, 6.45) is 3.71. The molecule has 0 radical (unpaired) electrons. The highest BCUT2D eigenvalue weighted by atomic mass is 16.1. The molecule has 3 rings (SSSR count). The normalized spacial score (nSPS) is 21.9. The van der Waals surface area contributed by atoms with Crippen LogP contribution in [0, 0.1) is 0 Å². The lowest BCUT2D eigenvalue weighted by Gasteiger charge is -2.35. The number of nitrogens with one attached hydrogen (secondary N) is 1. The summed E-state index contributed by atoms with van der Waals surface area (Å²) in [5, 5.41) is 0. The topological polar surface area (TPSA) is 58.9 Å². The van der Waals surface area contributed by atoms with Crippen LogP contribution in [-0.2, 0) is 18.4 Å². The van der Waals surface area contributed by atoms with Crippen LogP contribution in [0.15, 0.2) is 47.3 Å². The Bertz CT molecular complexity index is 633. The van der Waals surface area contributed by atoms with Gasteiger partial charge in [-0.1, -0.05) is 30.3 Å². The van der Waals surface area contributed by atoms with Gasteiger partial charge < -0.3 is 10.7 Å². The van der Waals surface area contributed by atoms with Crippen LogP contribution < -0.4 is 11.3 Å². The van der Waals surface area contributed by atoms with Gasteiger partial charge in [0.25, 0.3) is 0 Å². The molecule has 1 atom stereocenters. The van der Waals surface area contributed by atoms with Gasteiger partial charge in [-0.2, -0.15) is 0 Å². The van der Waals surface area contributed by atoms with Crippen LogP contribution in [0.4, 0.5) is 0 Å². The van der Waals surface area contributed by atoms with Crippen molar-refractivity contribution in [3.63, 3.8) is 0 Å². The number of rotatable bonds is 2. The summed E-state index contributed by atoms with van der Waals surface area (Å²) in [6, 6.07) is 13.8. The van der Waals surface area contributed by atoms with E-state index in [0.717, 1.165) is 36.9 Å². The number of aryl methyl sites for hydroxylation is 1. The summed E-state index contributed by atoms with van der Waals surface area (Å²) in [5.74, 6) is 0. The number of fused-ring (bicyclic) bond motifs is 1. The minimum absolute atomic E-state index is 0.0392. The van der Waals surface area contributed by atoms with Gasteiger partial charge >= 0.3 is 0 Å². The lowest BCUT2D eigenvalue weighted by molar-refractivity contribution is 0.365. The molecule has 0 fully saturated rings. The SMILES string of the molecule is N[C@]1(Cc2ccccc2)CCCc2[nH]c(=O)ccc21. The molecule has 0 unspecified atom stereocenters. The van der Waals surface area contributed by atoms with E-state index in [-0.39, 0.29) is 11.1 Å². The first kappa shape index (κ1) is 12.2. The zero-order valence-electron chi connectivity index (χ0n) is 10.9. The molecule has 0 aliphatic heterocycles. The molecule has 3 nitrogen and oxygen atoms in total. The van der Waals surface area contributed by atoms with E-state index >= 15 is 0 Å². The molecule has 98 valence electrons. The summed E-state index contributed by atoms with van der Waals surface area (Å²) in [4.78, 5) is 14.3. The molecule has 1 heterocycles. The number of hydrogen-bond donors (Lipinski definition) is 2. The van der Waals surface area contributed by atoms with Crippen molar-refractivity contribution in [2.75, 3.05) is 0 Å². The van der Waals surface area contributed by atoms with Crippen molar-refractivity contribution in [3.8, 4) is 0 Å². The molecule has 0 saturated heterocycles. The Balaban J connectivity index is 2.00. The van der Waals surface area contributed by atoms with Crippen LogP contribution in [-0.4, -0.2) is 4.98 Å². The second kappa shape index (κ2) is 4.67. The summed E-state index contributed by atoms with van der Waals surface area (Å²) >= 11 is 0. The Hall–Kier alpha value is -1.87. The molecule has 3 heteroatoms. The first-order valence-corrected chi connectivity index (χ1v) is 6.73. The molecule has 1 aromatic heterocycles. The third-order valence-electron chi connectivity index (χ3n) is 3.95. The summed E-state index contributed by atoms with van der Waals surface area (Å²) in [6.45, 7) is 0. The molecule has 0 saturated carbocycles. The Morgan fingerprint density at radius 2 is 1.95 bits per heavy atom. The van der Waals surface area contributed by atoms with E-state index in [2.05, 4.69) is 17.1 Å². The number of hydrogen-bond acceptors (Lipinski definition) is 2. The van der Waals surface area contributed by atoms with Crippen molar-refractivity contribution < 1.29 is 0 Å². The number of nitrogens with two attached hydrogens (primary N) is 1. The molecule has 1 aliphatic rings. The number of H-pyrrole nitrogens is 1. The molecule has 0 spiro atoms. The minimum atomic E-state index is -0.362. The van der Waals surface area contributed by atoms with E-state index in [1.54, 1.807) is 6.07 Å². The van der Waals surface area contributed by atoms with Gasteiger partial charge in [0.15, 0.2) is 0 Å². The standard InChI is InChI=1S/C16H18N2O/c17-16(11-12-5-2-1-3-6-12)10-4-7-14-13(16)8-9-15(19)18-14/h1-3,5-6,8-9H,4,7,10-11,17H2,(H,18,19)/t16-/m0/s1. The monoisotopic (exact) mass is 254 g/mol. The predicted octanol–water partition coefficient (Wildman–Crippen LogP) is 2.11. The predicted molar refractivity (Wildman–Crippen MR) is 76.0 cm³/mol. The van der Waals surface area contributed by atoms with E-state index in [0.29, 0.717) is 0 Å². The van der Waals surface area contributed by atoms with Crippen LogP contribution >= 0.6 is 0 Å². The Kier molecular flexibility index (Phi) is 2.99. The highest BCUT2D eigenvalue weighted by Crippen LogP contribution is 2.34. The lowest BCUT2D eigenvalue weighted by Crippen LogP contribution is -2.43. The van der Waals surface area contributed by atoms with Crippen molar-refractivity contribution in [2.45, 2.75) is 31.2 Å². The molecule has 1 aromatic carbocycles. The van der Waals surface area contributed by atoms with Crippen LogP contribution in [0.25, 0.3) is 0 Å². The second-order valence-corrected chi connectivity index (χ2v) is 5.39. The van der Waals surface area contributed by atoms with Gasteiger partial charge in [-0.3, -0.25) is 4.79 Å². The van der Waals surface area contributed by atoms with Crippen LogP contribution in [0.3, 0.4) is 0 Å². The highest BCUT2D eigenvalue weighted by molar-refractivity contribution is 5.33. The molecule has 3 N–H and O–H groups in total. The van der Waals surface area contributed by atoms with Crippen molar-refractivity contribution in [2.24, 2.45) is 5.73 Å². The summed E-state index contributed by atoms with van der Waals surface area (Å²) in [7, 11) is 0. The van der Waals surface area contributed by atoms with Gasteiger partial charge in [0, 0.05) is 17.3 Å². The van der Waals surface area contributed by atoms with E-state index in [1.807, 2.05) is 24.3 Å². The average Bonchev–Trinajstić information content (AvgIpc) is 2.39.